The van der Waals surface area contributed by atoms with Crippen molar-refractivity contribution in [1.29, 1.82) is 0 Å². The number of aromatic nitrogens is 4. The normalized spacial score (nSPS) is 20.8. The lowest BCUT2D eigenvalue weighted by Crippen LogP contribution is -2.61. The van der Waals surface area contributed by atoms with E-state index in [0.29, 0.717) is 13.1 Å². The number of fused-ring (bicyclic) bond motifs is 3. The summed E-state index contributed by atoms with van der Waals surface area (Å²) < 4.78 is 15.3. The van der Waals surface area contributed by atoms with Crippen LogP contribution in [0.2, 0.25) is 0 Å². The second-order valence-electron chi connectivity index (χ2n) is 11.4. The lowest BCUT2D eigenvalue weighted by Gasteiger charge is -2.48. The van der Waals surface area contributed by atoms with Crippen LogP contribution in [0.4, 0.5) is 26.0 Å². The molecular weight excluding hydrogens is 517 g/mol. The van der Waals surface area contributed by atoms with Gasteiger partial charge in [0.25, 0.3) is 0 Å². The molecule has 39 heavy (non-hydrogen) atoms. The number of imidazole rings is 1. The van der Waals surface area contributed by atoms with E-state index in [0.717, 1.165) is 52.2 Å². The number of hydrogen-bond donors (Lipinski definition) is 1. The Morgan fingerprint density at radius 1 is 1.21 bits per heavy atom. The number of thiazole rings is 1. The first-order valence-electron chi connectivity index (χ1n) is 13.1. The Bertz CT molecular complexity index is 1560. The Balaban J connectivity index is 1.37. The first kappa shape index (κ1) is 25.5. The summed E-state index contributed by atoms with van der Waals surface area (Å²) in [6.07, 6.45) is 0.650. The Kier molecular flexibility index (Phi) is 5.83. The standard InChI is InChI=1S/C28H32FN7O2S/c1-6-20-24(33(5)25-31-21(15-39-25)17-7-9-18(29)10-8-17)36-22(30-20)11-12-23(32-36)34-16-28(27(2,3)4)13-19(34)14-35(28)26(37)38/h7-12,15,19H,6,13-14,16H2,1-5H3,(H,37,38)/t19-,28-/m0/s1. The fourth-order valence-corrected chi connectivity index (χ4v) is 6.94. The highest BCUT2D eigenvalue weighted by Gasteiger charge is 2.62. The molecule has 0 aliphatic carbocycles. The number of benzene rings is 1. The molecule has 0 spiro atoms. The van der Waals surface area contributed by atoms with Crippen molar-refractivity contribution in [3.63, 3.8) is 0 Å². The maximum absolute atomic E-state index is 13.4. The zero-order chi connectivity index (χ0) is 27.7. The topological polar surface area (TPSA) is 90.1 Å². The second-order valence-corrected chi connectivity index (χ2v) is 12.3. The van der Waals surface area contributed by atoms with E-state index in [4.69, 9.17) is 15.1 Å². The summed E-state index contributed by atoms with van der Waals surface area (Å²) in [4.78, 5) is 27.7. The van der Waals surface area contributed by atoms with Crippen molar-refractivity contribution in [3.05, 3.63) is 53.3 Å². The molecule has 204 valence electrons. The minimum atomic E-state index is -0.856. The predicted molar refractivity (Wildman–Crippen MR) is 151 cm³/mol. The van der Waals surface area contributed by atoms with Crippen LogP contribution in [-0.4, -0.2) is 67.4 Å². The molecule has 2 bridgehead atoms. The van der Waals surface area contributed by atoms with E-state index in [1.165, 1.54) is 23.5 Å². The van der Waals surface area contributed by atoms with Crippen LogP contribution in [0.1, 0.15) is 39.8 Å². The molecule has 2 aliphatic heterocycles. The van der Waals surface area contributed by atoms with Crippen LogP contribution in [0, 0.1) is 11.2 Å². The molecule has 2 fully saturated rings. The van der Waals surface area contributed by atoms with Crippen LogP contribution in [-0.2, 0) is 6.42 Å². The summed E-state index contributed by atoms with van der Waals surface area (Å²) in [6, 6.07) is 10.4. The highest BCUT2D eigenvalue weighted by atomic mass is 32.1. The summed E-state index contributed by atoms with van der Waals surface area (Å²) in [5.74, 6) is 1.38. The number of nitrogens with zero attached hydrogens (tertiary/aromatic N) is 7. The third-order valence-electron chi connectivity index (χ3n) is 8.36. The van der Waals surface area contributed by atoms with Gasteiger partial charge in [0.1, 0.15) is 11.6 Å². The zero-order valence-corrected chi connectivity index (χ0v) is 23.5. The molecule has 4 aromatic rings. The molecule has 1 aromatic carbocycles. The molecule has 6 rings (SSSR count). The maximum Gasteiger partial charge on any atom is 0.407 e. The van der Waals surface area contributed by atoms with E-state index in [9.17, 15) is 14.3 Å². The SMILES string of the molecule is CCc1nc2ccc(N3C[C@]4(C(C)(C)C)C[C@H]3CN4C(=O)O)nn2c1N(C)c1nc(-c2ccc(F)cc2)cs1. The maximum atomic E-state index is 13.4. The lowest BCUT2D eigenvalue weighted by atomic mass is 9.73. The van der Waals surface area contributed by atoms with Gasteiger partial charge < -0.3 is 14.9 Å². The number of halogens is 1. The Hall–Kier alpha value is -3.73. The van der Waals surface area contributed by atoms with Gasteiger partial charge >= 0.3 is 6.09 Å². The smallest absolute Gasteiger partial charge is 0.407 e. The number of aryl methyl sites for hydroxylation is 1. The number of carboxylic acid groups (broad SMARTS) is 1. The lowest BCUT2D eigenvalue weighted by molar-refractivity contribution is 0.0362. The quantitative estimate of drug-likeness (QED) is 0.343. The third-order valence-corrected chi connectivity index (χ3v) is 9.28. The molecule has 0 saturated carbocycles. The minimum absolute atomic E-state index is 0.0675. The minimum Gasteiger partial charge on any atom is -0.465 e. The van der Waals surface area contributed by atoms with Crippen molar-refractivity contribution in [2.45, 2.75) is 52.1 Å². The van der Waals surface area contributed by atoms with Crippen LogP contribution < -0.4 is 9.80 Å². The summed E-state index contributed by atoms with van der Waals surface area (Å²) in [5, 5.41) is 17.7. The molecule has 9 nitrogen and oxygen atoms in total. The Morgan fingerprint density at radius 2 is 1.95 bits per heavy atom. The van der Waals surface area contributed by atoms with E-state index in [-0.39, 0.29) is 17.3 Å². The van der Waals surface area contributed by atoms with Crippen molar-refractivity contribution >= 4 is 39.8 Å². The highest BCUT2D eigenvalue weighted by Crippen LogP contribution is 2.51. The molecule has 2 saturated heterocycles. The molecule has 5 heterocycles. The predicted octanol–water partition coefficient (Wildman–Crippen LogP) is 5.68. The summed E-state index contributed by atoms with van der Waals surface area (Å²) >= 11 is 1.51. The van der Waals surface area contributed by atoms with Gasteiger partial charge in [-0.05, 0) is 54.7 Å². The number of rotatable bonds is 5. The Labute approximate surface area is 230 Å². The summed E-state index contributed by atoms with van der Waals surface area (Å²) in [7, 11) is 1.96. The highest BCUT2D eigenvalue weighted by molar-refractivity contribution is 7.14. The molecule has 1 N–H and O–H groups in total. The van der Waals surface area contributed by atoms with Crippen molar-refractivity contribution in [3.8, 4) is 11.3 Å². The number of likely N-dealkylation sites (tertiary alicyclic amines) is 1. The van der Waals surface area contributed by atoms with Crippen LogP contribution in [0.15, 0.2) is 41.8 Å². The Morgan fingerprint density at radius 3 is 2.62 bits per heavy atom. The number of anilines is 3. The molecule has 3 aromatic heterocycles. The average Bonchev–Trinajstić information content (AvgIpc) is 3.68. The van der Waals surface area contributed by atoms with Gasteiger partial charge in [0.2, 0.25) is 0 Å². The zero-order valence-electron chi connectivity index (χ0n) is 22.7. The second kappa shape index (κ2) is 8.90. The van der Waals surface area contributed by atoms with E-state index >= 15 is 0 Å². The van der Waals surface area contributed by atoms with Gasteiger partial charge in [0.05, 0.1) is 23.0 Å². The first-order chi connectivity index (χ1) is 18.5. The largest absolute Gasteiger partial charge is 0.465 e. The molecule has 0 unspecified atom stereocenters. The molecule has 2 aliphatic rings. The van der Waals surface area contributed by atoms with Crippen LogP contribution in [0.3, 0.4) is 0 Å². The third kappa shape index (κ3) is 3.93. The fraction of sp³-hybridized carbons (Fsp3) is 0.429. The van der Waals surface area contributed by atoms with Gasteiger partial charge in [0, 0.05) is 31.1 Å². The monoisotopic (exact) mass is 549 g/mol. The number of hydrogen-bond acceptors (Lipinski definition) is 7. The molecule has 2 atom stereocenters. The fourth-order valence-electron chi connectivity index (χ4n) is 6.14. The van der Waals surface area contributed by atoms with E-state index < -0.39 is 11.6 Å². The van der Waals surface area contributed by atoms with Gasteiger partial charge in [-0.1, -0.05) is 27.7 Å². The summed E-state index contributed by atoms with van der Waals surface area (Å²) in [5.41, 5.74) is 2.60. The van der Waals surface area contributed by atoms with Crippen LogP contribution in [0.25, 0.3) is 16.9 Å². The molecule has 11 heteroatoms. The average molecular weight is 550 g/mol. The van der Waals surface area contributed by atoms with Gasteiger partial charge in [-0.2, -0.15) is 4.52 Å². The van der Waals surface area contributed by atoms with Crippen molar-refractivity contribution in [1.82, 2.24) is 24.5 Å². The van der Waals surface area contributed by atoms with E-state index in [1.54, 1.807) is 17.0 Å². The van der Waals surface area contributed by atoms with E-state index in [1.807, 2.05) is 34.0 Å². The summed E-state index contributed by atoms with van der Waals surface area (Å²) in [6.45, 7) is 9.50. The number of piperazine rings is 1. The molecular formula is C28H32FN7O2S. The van der Waals surface area contributed by atoms with Gasteiger partial charge in [-0.25, -0.2) is 19.2 Å². The van der Waals surface area contributed by atoms with Gasteiger partial charge in [-0.3, -0.25) is 4.90 Å². The van der Waals surface area contributed by atoms with Gasteiger partial charge in [0.15, 0.2) is 16.6 Å². The number of amides is 1. The molecule has 1 amide bonds. The van der Waals surface area contributed by atoms with Crippen molar-refractivity contribution in [2.75, 3.05) is 29.9 Å². The van der Waals surface area contributed by atoms with Crippen molar-refractivity contribution in [2.24, 2.45) is 5.41 Å². The molecule has 0 radical (unpaired) electrons. The van der Waals surface area contributed by atoms with Crippen molar-refractivity contribution < 1.29 is 14.3 Å². The van der Waals surface area contributed by atoms with Crippen LogP contribution in [0.5, 0.6) is 0 Å². The van der Waals surface area contributed by atoms with Crippen LogP contribution >= 0.6 is 11.3 Å². The van der Waals surface area contributed by atoms with Gasteiger partial charge in [-0.15, -0.1) is 16.4 Å². The first-order valence-corrected chi connectivity index (χ1v) is 14.0. The number of carbonyl (C=O) groups is 1. The van der Waals surface area contributed by atoms with E-state index in [2.05, 4.69) is 32.6 Å².